The van der Waals surface area contributed by atoms with E-state index in [1.165, 1.54) is 12.3 Å². The third-order valence-electron chi connectivity index (χ3n) is 6.18. The molecule has 1 aromatic heterocycles. The number of anilines is 2. The minimum atomic E-state index is -4.12. The highest BCUT2D eigenvalue weighted by Crippen LogP contribution is 2.33. The summed E-state index contributed by atoms with van der Waals surface area (Å²) in [5.41, 5.74) is 0.420. The maximum atomic E-state index is 14.8. The molecule has 0 bridgehead atoms. The predicted octanol–water partition coefficient (Wildman–Crippen LogP) is 3.41. The van der Waals surface area contributed by atoms with E-state index in [4.69, 9.17) is 21.5 Å². The zero-order valence-electron chi connectivity index (χ0n) is 18.9. The van der Waals surface area contributed by atoms with Crippen LogP contribution in [0.1, 0.15) is 25.7 Å². The SMILES string of the molecule is CN1CC(N(C)[C@H]2CCCC[C@@H]2Nc2cc(F)c(S(=O)(=O)Nc3nccs3)cc2Cl)C1.O=CO. The molecule has 3 N–H and O–H groups in total. The summed E-state index contributed by atoms with van der Waals surface area (Å²) in [6, 6.07) is 3.31. The van der Waals surface area contributed by atoms with Crippen molar-refractivity contribution in [3.8, 4) is 0 Å². The average molecular weight is 534 g/mol. The second-order valence-corrected chi connectivity index (χ2v) is 11.4. The van der Waals surface area contributed by atoms with Gasteiger partial charge in [-0.3, -0.25) is 14.4 Å². The summed E-state index contributed by atoms with van der Waals surface area (Å²) < 4.78 is 42.3. The van der Waals surface area contributed by atoms with Crippen LogP contribution in [0.25, 0.3) is 0 Å². The number of halogens is 2. The maximum Gasteiger partial charge on any atom is 0.290 e. The van der Waals surface area contributed by atoms with E-state index in [1.54, 1.807) is 5.38 Å². The molecule has 2 atom stereocenters. The van der Waals surface area contributed by atoms with Crippen molar-refractivity contribution in [2.75, 3.05) is 37.2 Å². The molecule has 1 aliphatic heterocycles. The third-order valence-corrected chi connectivity index (χ3v) is 8.66. The van der Waals surface area contributed by atoms with Crippen molar-refractivity contribution in [3.05, 3.63) is 34.5 Å². The molecule has 9 nitrogen and oxygen atoms in total. The summed E-state index contributed by atoms with van der Waals surface area (Å²) in [7, 11) is 0.146. The Hall–Kier alpha value is -1.99. The minimum Gasteiger partial charge on any atom is -0.483 e. The number of nitrogens with one attached hydrogen (secondary N) is 2. The number of likely N-dealkylation sites (tertiary alicyclic amines) is 1. The van der Waals surface area contributed by atoms with Crippen LogP contribution in [-0.4, -0.2) is 80.1 Å². The Kier molecular flexibility index (Phi) is 9.10. The molecular weight excluding hydrogens is 505 g/mol. The Labute approximate surface area is 208 Å². The first-order valence-electron chi connectivity index (χ1n) is 10.8. The van der Waals surface area contributed by atoms with E-state index in [-0.39, 0.29) is 22.7 Å². The molecule has 1 saturated heterocycles. The number of benzene rings is 1. The molecule has 0 unspecified atom stereocenters. The Morgan fingerprint density at radius 2 is 2.00 bits per heavy atom. The van der Waals surface area contributed by atoms with E-state index >= 15 is 0 Å². The Morgan fingerprint density at radius 3 is 2.62 bits per heavy atom. The number of aromatic nitrogens is 1. The van der Waals surface area contributed by atoms with Gasteiger partial charge >= 0.3 is 0 Å². The average Bonchev–Trinajstić information content (AvgIpc) is 3.26. The van der Waals surface area contributed by atoms with Gasteiger partial charge in [-0.05, 0) is 39.1 Å². The zero-order chi connectivity index (χ0) is 24.9. The standard InChI is InChI=1S/C20H27ClFN5O2S2.CH2O2/c1-26-11-13(12-26)27(2)18-6-4-3-5-16(18)24-17-10-15(22)19(9-14(17)21)31(28,29)25-20-23-7-8-30-20;2-1-3/h7-10,13,16,18,24H,3-6,11-12H2,1-2H3,(H,23,25);1H,(H,2,3)/t16-,18-;/m0./s1. The van der Waals surface area contributed by atoms with Crippen LogP contribution >= 0.6 is 22.9 Å². The largest absolute Gasteiger partial charge is 0.483 e. The summed E-state index contributed by atoms with van der Waals surface area (Å²) in [4.78, 5) is 16.5. The first kappa shape index (κ1) is 26.6. The number of hydrogen-bond acceptors (Lipinski definition) is 8. The van der Waals surface area contributed by atoms with E-state index in [2.05, 4.69) is 38.9 Å². The lowest BCUT2D eigenvalue weighted by Crippen LogP contribution is -2.62. The fourth-order valence-corrected chi connectivity index (χ4v) is 6.61. The summed E-state index contributed by atoms with van der Waals surface area (Å²) in [6.45, 7) is 1.85. The van der Waals surface area contributed by atoms with Crippen LogP contribution in [0.5, 0.6) is 0 Å². The Balaban J connectivity index is 0.00000103. The zero-order valence-corrected chi connectivity index (χ0v) is 21.3. The number of nitrogens with zero attached hydrogens (tertiary/aromatic N) is 3. The van der Waals surface area contributed by atoms with Gasteiger partial charge in [0.1, 0.15) is 10.7 Å². The van der Waals surface area contributed by atoms with Gasteiger partial charge in [0, 0.05) is 42.8 Å². The second-order valence-electron chi connectivity index (χ2n) is 8.45. The van der Waals surface area contributed by atoms with Crippen molar-refractivity contribution in [3.63, 3.8) is 0 Å². The number of likely N-dealkylation sites (N-methyl/N-ethyl adjacent to an activating group) is 2. The summed E-state index contributed by atoms with van der Waals surface area (Å²) in [5.74, 6) is -0.850. The fourth-order valence-electron chi connectivity index (χ4n) is 4.45. The third kappa shape index (κ3) is 6.36. The number of sulfonamides is 1. The smallest absolute Gasteiger partial charge is 0.290 e. The topological polar surface area (TPSA) is 115 Å². The first-order chi connectivity index (χ1) is 16.2. The van der Waals surface area contributed by atoms with Gasteiger partial charge < -0.3 is 15.3 Å². The van der Waals surface area contributed by atoms with Crippen LogP contribution in [-0.2, 0) is 14.8 Å². The molecule has 1 aliphatic carbocycles. The predicted molar refractivity (Wildman–Crippen MR) is 132 cm³/mol. The van der Waals surface area contributed by atoms with Crippen LogP contribution in [0.15, 0.2) is 28.6 Å². The van der Waals surface area contributed by atoms with Gasteiger partial charge in [0.05, 0.1) is 10.7 Å². The molecule has 4 rings (SSSR count). The number of carboxylic acid groups (broad SMARTS) is 1. The molecule has 188 valence electrons. The van der Waals surface area contributed by atoms with Crippen LogP contribution in [0.2, 0.25) is 5.02 Å². The molecule has 0 radical (unpaired) electrons. The van der Waals surface area contributed by atoms with Crippen LogP contribution in [0.3, 0.4) is 0 Å². The minimum absolute atomic E-state index is 0.123. The molecular formula is C21H29ClFN5O4S2. The summed E-state index contributed by atoms with van der Waals surface area (Å²) in [6.07, 6.45) is 5.76. The van der Waals surface area contributed by atoms with Gasteiger partial charge in [0.2, 0.25) is 0 Å². The van der Waals surface area contributed by atoms with Crippen molar-refractivity contribution in [1.82, 2.24) is 14.8 Å². The van der Waals surface area contributed by atoms with Gasteiger partial charge in [0.15, 0.2) is 5.13 Å². The number of rotatable bonds is 7. The highest BCUT2D eigenvalue weighted by Gasteiger charge is 2.36. The maximum absolute atomic E-state index is 14.8. The van der Waals surface area contributed by atoms with E-state index in [0.717, 1.165) is 56.2 Å². The van der Waals surface area contributed by atoms with Crippen molar-refractivity contribution in [1.29, 1.82) is 0 Å². The molecule has 1 aromatic carbocycles. The van der Waals surface area contributed by atoms with Gasteiger partial charge in [-0.15, -0.1) is 11.3 Å². The van der Waals surface area contributed by atoms with Crippen molar-refractivity contribution in [2.45, 2.75) is 48.7 Å². The summed E-state index contributed by atoms with van der Waals surface area (Å²) in [5, 5.41) is 12.3. The lowest BCUT2D eigenvalue weighted by Gasteiger charge is -2.48. The van der Waals surface area contributed by atoms with Gasteiger partial charge in [-0.2, -0.15) is 0 Å². The summed E-state index contributed by atoms with van der Waals surface area (Å²) >= 11 is 7.52. The molecule has 2 heterocycles. The Morgan fingerprint density at radius 1 is 1.32 bits per heavy atom. The van der Waals surface area contributed by atoms with Crippen molar-refractivity contribution < 1.29 is 22.7 Å². The van der Waals surface area contributed by atoms with Crippen molar-refractivity contribution >= 4 is 50.3 Å². The molecule has 2 aromatic rings. The number of hydrogen-bond donors (Lipinski definition) is 3. The molecule has 34 heavy (non-hydrogen) atoms. The molecule has 13 heteroatoms. The second kappa shape index (κ2) is 11.6. The molecule has 0 amide bonds. The quantitative estimate of drug-likeness (QED) is 0.464. The number of carbonyl (C=O) groups is 1. The number of thiazole rings is 1. The van der Waals surface area contributed by atoms with Crippen molar-refractivity contribution in [2.24, 2.45) is 0 Å². The van der Waals surface area contributed by atoms with E-state index in [9.17, 15) is 12.8 Å². The highest BCUT2D eigenvalue weighted by molar-refractivity contribution is 7.93. The van der Waals surface area contributed by atoms with E-state index < -0.39 is 20.7 Å². The first-order valence-corrected chi connectivity index (χ1v) is 13.6. The van der Waals surface area contributed by atoms with Gasteiger partial charge in [-0.1, -0.05) is 24.4 Å². The van der Waals surface area contributed by atoms with Gasteiger partial charge in [-0.25, -0.2) is 17.8 Å². The molecule has 2 fully saturated rings. The monoisotopic (exact) mass is 533 g/mol. The molecule has 1 saturated carbocycles. The Bertz CT molecular complexity index is 1070. The lowest BCUT2D eigenvalue weighted by atomic mass is 9.87. The highest BCUT2D eigenvalue weighted by atomic mass is 35.5. The van der Waals surface area contributed by atoms with E-state index in [0.29, 0.717) is 17.8 Å². The fraction of sp³-hybridized carbons (Fsp3) is 0.524. The van der Waals surface area contributed by atoms with Gasteiger partial charge in [0.25, 0.3) is 16.5 Å². The van der Waals surface area contributed by atoms with E-state index in [1.807, 2.05) is 0 Å². The molecule has 0 spiro atoms. The van der Waals surface area contributed by atoms with Crippen LogP contribution < -0.4 is 10.0 Å². The van der Waals surface area contributed by atoms with Crippen LogP contribution in [0.4, 0.5) is 15.2 Å². The van der Waals surface area contributed by atoms with Crippen LogP contribution in [0, 0.1) is 5.82 Å². The molecule has 2 aliphatic rings. The lowest BCUT2D eigenvalue weighted by molar-refractivity contribution is -0.122. The normalized spacial score (nSPS) is 21.3.